The van der Waals surface area contributed by atoms with E-state index in [1.807, 2.05) is 48.2 Å². The maximum Gasteiger partial charge on any atom is 0.263 e. The third-order valence-electron chi connectivity index (χ3n) is 5.22. The molecule has 1 N–H and O–H groups in total. The van der Waals surface area contributed by atoms with E-state index in [-0.39, 0.29) is 11.6 Å². The topological polar surface area (TPSA) is 90.7 Å². The molecule has 1 unspecified atom stereocenters. The summed E-state index contributed by atoms with van der Waals surface area (Å²) in [5.41, 5.74) is 0.936. The molecule has 1 aliphatic heterocycles. The SMILES string of the molecule is COc1ccc(C(C)NC(=O)/C(C#N)=C\N2CCN(c3ccccn3)CC2)cc1OC. The molecule has 1 aromatic heterocycles. The Kier molecular flexibility index (Phi) is 7.33. The first-order valence-corrected chi connectivity index (χ1v) is 10.1. The van der Waals surface area contributed by atoms with Crippen molar-refractivity contribution in [2.45, 2.75) is 13.0 Å². The summed E-state index contributed by atoms with van der Waals surface area (Å²) in [4.78, 5) is 21.3. The van der Waals surface area contributed by atoms with Crippen molar-refractivity contribution in [3.05, 3.63) is 59.9 Å². The Labute approximate surface area is 182 Å². The minimum Gasteiger partial charge on any atom is -0.493 e. The number of nitriles is 1. The standard InChI is InChI=1S/C23H27N5O3/c1-17(18-7-8-20(30-2)21(14-18)31-3)26-23(29)19(15-24)16-27-10-12-28(13-11-27)22-6-4-5-9-25-22/h4-9,14,16-17H,10-13H2,1-3H3,(H,26,29)/b19-16-. The Bertz CT molecular complexity index is 963. The number of carbonyl (C=O) groups is 1. The average Bonchev–Trinajstić information content (AvgIpc) is 2.82. The molecule has 8 nitrogen and oxygen atoms in total. The second-order valence-electron chi connectivity index (χ2n) is 7.18. The van der Waals surface area contributed by atoms with Gasteiger partial charge in [-0.15, -0.1) is 0 Å². The maximum atomic E-state index is 12.7. The van der Waals surface area contributed by atoms with Crippen LogP contribution in [0.25, 0.3) is 0 Å². The zero-order valence-corrected chi connectivity index (χ0v) is 18.0. The van der Waals surface area contributed by atoms with E-state index in [4.69, 9.17) is 9.47 Å². The minimum atomic E-state index is -0.406. The third-order valence-corrected chi connectivity index (χ3v) is 5.22. The van der Waals surface area contributed by atoms with Gasteiger partial charge in [0.1, 0.15) is 17.5 Å². The number of hydrogen-bond donors (Lipinski definition) is 1. The molecule has 2 aromatic rings. The maximum absolute atomic E-state index is 12.7. The molecule has 0 bridgehead atoms. The van der Waals surface area contributed by atoms with Crippen LogP contribution in [0, 0.1) is 11.3 Å². The molecule has 1 amide bonds. The van der Waals surface area contributed by atoms with E-state index >= 15 is 0 Å². The van der Waals surface area contributed by atoms with Crippen LogP contribution in [0.15, 0.2) is 54.4 Å². The van der Waals surface area contributed by atoms with Crippen molar-refractivity contribution in [1.82, 2.24) is 15.2 Å². The van der Waals surface area contributed by atoms with Crippen molar-refractivity contribution in [3.63, 3.8) is 0 Å². The van der Waals surface area contributed by atoms with E-state index in [0.717, 1.165) is 24.5 Å². The molecule has 1 atom stereocenters. The summed E-state index contributed by atoms with van der Waals surface area (Å²) in [6.07, 6.45) is 3.42. The molecular weight excluding hydrogens is 394 g/mol. The van der Waals surface area contributed by atoms with Gasteiger partial charge in [-0.05, 0) is 36.8 Å². The first-order valence-electron chi connectivity index (χ1n) is 10.1. The first kappa shape index (κ1) is 22.0. The number of carbonyl (C=O) groups excluding carboxylic acids is 1. The van der Waals surface area contributed by atoms with Gasteiger partial charge in [0.05, 0.1) is 20.3 Å². The molecule has 0 saturated carbocycles. The number of hydrogen-bond acceptors (Lipinski definition) is 7. The lowest BCUT2D eigenvalue weighted by Crippen LogP contribution is -2.44. The van der Waals surface area contributed by atoms with Gasteiger partial charge in [0.25, 0.3) is 5.91 Å². The second kappa shape index (κ2) is 10.3. The average molecular weight is 422 g/mol. The Morgan fingerprint density at radius 3 is 2.52 bits per heavy atom. The predicted molar refractivity (Wildman–Crippen MR) is 118 cm³/mol. The van der Waals surface area contributed by atoms with Gasteiger partial charge in [-0.25, -0.2) is 4.98 Å². The summed E-state index contributed by atoms with van der Waals surface area (Å²) in [7, 11) is 3.14. The van der Waals surface area contributed by atoms with E-state index in [1.54, 1.807) is 32.7 Å². The Morgan fingerprint density at radius 1 is 1.16 bits per heavy atom. The van der Waals surface area contributed by atoms with Gasteiger partial charge in [0.2, 0.25) is 0 Å². The largest absolute Gasteiger partial charge is 0.493 e. The number of piperazine rings is 1. The van der Waals surface area contributed by atoms with E-state index in [2.05, 4.69) is 15.2 Å². The number of ether oxygens (including phenoxy) is 2. The van der Waals surface area contributed by atoms with Gasteiger partial charge < -0.3 is 24.6 Å². The van der Waals surface area contributed by atoms with Crippen LogP contribution in [0.5, 0.6) is 11.5 Å². The van der Waals surface area contributed by atoms with Crippen molar-refractivity contribution in [2.24, 2.45) is 0 Å². The number of nitrogens with one attached hydrogen (secondary N) is 1. The molecule has 1 aliphatic rings. The molecule has 1 fully saturated rings. The first-order chi connectivity index (χ1) is 15.0. The molecule has 162 valence electrons. The van der Waals surface area contributed by atoms with Crippen molar-refractivity contribution >= 4 is 11.7 Å². The smallest absolute Gasteiger partial charge is 0.263 e. The molecular formula is C23H27N5O3. The number of methoxy groups -OCH3 is 2. The molecule has 31 heavy (non-hydrogen) atoms. The normalized spacial score (nSPS) is 15.1. The lowest BCUT2D eigenvalue weighted by molar-refractivity contribution is -0.117. The third kappa shape index (κ3) is 5.45. The zero-order valence-electron chi connectivity index (χ0n) is 18.0. The zero-order chi connectivity index (χ0) is 22.2. The minimum absolute atomic E-state index is 0.0820. The fourth-order valence-corrected chi connectivity index (χ4v) is 3.42. The second-order valence-corrected chi connectivity index (χ2v) is 7.18. The van der Waals surface area contributed by atoms with E-state index in [9.17, 15) is 10.1 Å². The van der Waals surface area contributed by atoms with Crippen LogP contribution in [-0.2, 0) is 4.79 Å². The number of pyridine rings is 1. The number of aromatic nitrogens is 1. The number of anilines is 1. The van der Waals surface area contributed by atoms with Gasteiger partial charge in [-0.1, -0.05) is 12.1 Å². The summed E-state index contributed by atoms with van der Waals surface area (Å²) in [6, 6.07) is 13.0. The van der Waals surface area contributed by atoms with Crippen molar-refractivity contribution in [3.8, 4) is 17.6 Å². The number of amides is 1. The lowest BCUT2D eigenvalue weighted by Gasteiger charge is -2.34. The molecule has 2 heterocycles. The monoisotopic (exact) mass is 421 g/mol. The predicted octanol–water partition coefficient (Wildman–Crippen LogP) is 2.51. The lowest BCUT2D eigenvalue weighted by atomic mass is 10.1. The number of benzene rings is 1. The highest BCUT2D eigenvalue weighted by Gasteiger charge is 2.20. The number of nitrogens with zero attached hydrogens (tertiary/aromatic N) is 4. The van der Waals surface area contributed by atoms with Crippen molar-refractivity contribution in [2.75, 3.05) is 45.3 Å². The Morgan fingerprint density at radius 2 is 1.90 bits per heavy atom. The van der Waals surface area contributed by atoms with Crippen LogP contribution in [-0.4, -0.2) is 56.2 Å². The van der Waals surface area contributed by atoms with Crippen molar-refractivity contribution in [1.29, 1.82) is 5.26 Å². The summed E-state index contributed by atoms with van der Waals surface area (Å²) in [5.74, 6) is 1.74. The van der Waals surface area contributed by atoms with E-state index in [1.165, 1.54) is 0 Å². The van der Waals surface area contributed by atoms with Gasteiger partial charge in [-0.2, -0.15) is 5.26 Å². The molecule has 0 radical (unpaired) electrons. The summed E-state index contributed by atoms with van der Waals surface area (Å²) in [5, 5.41) is 12.4. The summed E-state index contributed by atoms with van der Waals surface area (Å²) >= 11 is 0. The highest BCUT2D eigenvalue weighted by Crippen LogP contribution is 2.30. The molecule has 0 spiro atoms. The van der Waals surface area contributed by atoms with Crippen molar-refractivity contribution < 1.29 is 14.3 Å². The summed E-state index contributed by atoms with van der Waals surface area (Å²) in [6.45, 7) is 4.83. The Balaban J connectivity index is 1.61. The van der Waals surface area contributed by atoms with Crippen LogP contribution in [0.3, 0.4) is 0 Å². The van der Waals surface area contributed by atoms with Crippen LogP contribution in [0.1, 0.15) is 18.5 Å². The van der Waals surface area contributed by atoms with Gasteiger partial charge >= 0.3 is 0 Å². The van der Waals surface area contributed by atoms with Gasteiger partial charge in [0, 0.05) is 38.6 Å². The van der Waals surface area contributed by atoms with Gasteiger partial charge in [0.15, 0.2) is 11.5 Å². The molecule has 1 saturated heterocycles. The quantitative estimate of drug-likeness (QED) is 0.543. The molecule has 0 aliphatic carbocycles. The number of rotatable bonds is 7. The summed E-state index contributed by atoms with van der Waals surface area (Å²) < 4.78 is 10.6. The molecule has 8 heteroatoms. The van der Waals surface area contributed by atoms with E-state index in [0.29, 0.717) is 24.6 Å². The highest BCUT2D eigenvalue weighted by molar-refractivity contribution is 5.97. The van der Waals surface area contributed by atoms with Gasteiger partial charge in [-0.3, -0.25) is 4.79 Å². The van der Waals surface area contributed by atoms with Crippen LogP contribution in [0.4, 0.5) is 5.82 Å². The van der Waals surface area contributed by atoms with E-state index < -0.39 is 5.91 Å². The fraction of sp³-hybridized carbons (Fsp3) is 0.348. The van der Waals surface area contributed by atoms with Crippen LogP contribution in [0.2, 0.25) is 0 Å². The molecule has 3 rings (SSSR count). The van der Waals surface area contributed by atoms with Crippen LogP contribution >= 0.6 is 0 Å². The Hall–Kier alpha value is -3.73. The fourth-order valence-electron chi connectivity index (χ4n) is 3.42. The van der Waals surface area contributed by atoms with Crippen LogP contribution < -0.4 is 19.7 Å². The highest BCUT2D eigenvalue weighted by atomic mass is 16.5. The molecule has 1 aromatic carbocycles.